The Kier molecular flexibility index (Phi) is 8.67. The van der Waals surface area contributed by atoms with Gasteiger partial charge in [-0.2, -0.15) is 0 Å². The van der Waals surface area contributed by atoms with Crippen LogP contribution >= 0.6 is 24.0 Å². The number of rotatable bonds is 9. The molecule has 0 atom stereocenters. The van der Waals surface area contributed by atoms with E-state index in [9.17, 15) is 4.79 Å². The first-order valence-corrected chi connectivity index (χ1v) is 11.3. The maximum Gasteiger partial charge on any atom is 0.248 e. The van der Waals surface area contributed by atoms with Crippen LogP contribution in [0.15, 0.2) is 66.3 Å². The highest BCUT2D eigenvalue weighted by atomic mass is 32.2. The predicted octanol–water partition coefficient (Wildman–Crippen LogP) is 2.72. The number of benzene rings is 2. The molecule has 0 bridgehead atoms. The second-order valence-electron chi connectivity index (χ2n) is 6.51. The smallest absolute Gasteiger partial charge is 0.248 e. The van der Waals surface area contributed by atoms with Crippen molar-refractivity contribution in [3.8, 4) is 28.6 Å². The SMILES string of the molecule is C=CCNC(=S)NNC(=O)CSc1nnc(-c2ccc(OC)c(OC)c2)n1-c1ccccc1. The van der Waals surface area contributed by atoms with Gasteiger partial charge >= 0.3 is 0 Å². The van der Waals surface area contributed by atoms with Gasteiger partial charge in [-0.05, 0) is 42.5 Å². The van der Waals surface area contributed by atoms with Crippen molar-refractivity contribution in [2.45, 2.75) is 5.16 Å². The summed E-state index contributed by atoms with van der Waals surface area (Å²) in [5.41, 5.74) is 6.85. The summed E-state index contributed by atoms with van der Waals surface area (Å²) in [6.45, 7) is 4.09. The maximum absolute atomic E-state index is 12.3. The van der Waals surface area contributed by atoms with Crippen LogP contribution in [0.3, 0.4) is 0 Å². The number of methoxy groups -OCH3 is 2. The van der Waals surface area contributed by atoms with Crippen LogP contribution in [-0.4, -0.2) is 52.3 Å². The third-order valence-corrected chi connectivity index (χ3v) is 5.52. The van der Waals surface area contributed by atoms with Gasteiger partial charge in [-0.1, -0.05) is 36.0 Å². The summed E-state index contributed by atoms with van der Waals surface area (Å²) in [4.78, 5) is 12.3. The van der Waals surface area contributed by atoms with Gasteiger partial charge in [0.1, 0.15) is 0 Å². The van der Waals surface area contributed by atoms with Crippen molar-refractivity contribution in [3.63, 3.8) is 0 Å². The van der Waals surface area contributed by atoms with Crippen molar-refractivity contribution in [1.82, 2.24) is 30.9 Å². The molecular weight excluding hydrogens is 460 g/mol. The summed E-state index contributed by atoms with van der Waals surface area (Å²) >= 11 is 6.31. The van der Waals surface area contributed by atoms with Gasteiger partial charge in [-0.25, -0.2) is 0 Å². The lowest BCUT2D eigenvalue weighted by molar-refractivity contribution is -0.119. The molecule has 2 aromatic carbocycles. The van der Waals surface area contributed by atoms with Crippen molar-refractivity contribution in [3.05, 3.63) is 61.2 Å². The molecule has 1 amide bonds. The monoisotopic (exact) mass is 484 g/mol. The molecule has 0 saturated carbocycles. The number of nitrogens with zero attached hydrogens (tertiary/aromatic N) is 3. The normalized spacial score (nSPS) is 10.2. The number of hydrogen-bond acceptors (Lipinski definition) is 7. The Labute approximate surface area is 201 Å². The van der Waals surface area contributed by atoms with Crippen LogP contribution in [0.4, 0.5) is 0 Å². The van der Waals surface area contributed by atoms with Gasteiger partial charge in [0.15, 0.2) is 27.6 Å². The number of thioether (sulfide) groups is 1. The van der Waals surface area contributed by atoms with E-state index < -0.39 is 0 Å². The van der Waals surface area contributed by atoms with E-state index in [0.29, 0.717) is 34.1 Å². The first-order chi connectivity index (χ1) is 16.1. The number of carbonyl (C=O) groups is 1. The van der Waals surface area contributed by atoms with Gasteiger partial charge in [0.2, 0.25) is 5.91 Å². The lowest BCUT2D eigenvalue weighted by Crippen LogP contribution is -2.47. The number of hydrazine groups is 1. The predicted molar refractivity (Wildman–Crippen MR) is 133 cm³/mol. The molecule has 9 nitrogen and oxygen atoms in total. The van der Waals surface area contributed by atoms with Crippen molar-refractivity contribution in [2.75, 3.05) is 26.5 Å². The average molecular weight is 485 g/mol. The molecule has 1 aromatic heterocycles. The number of nitrogens with one attached hydrogen (secondary N) is 3. The minimum absolute atomic E-state index is 0.105. The number of para-hydroxylation sites is 1. The van der Waals surface area contributed by atoms with Crippen molar-refractivity contribution < 1.29 is 14.3 Å². The largest absolute Gasteiger partial charge is 0.493 e. The van der Waals surface area contributed by atoms with Crippen LogP contribution in [0, 0.1) is 0 Å². The zero-order valence-electron chi connectivity index (χ0n) is 18.2. The highest BCUT2D eigenvalue weighted by Crippen LogP contribution is 2.34. The Hall–Kier alpha value is -3.57. The topological polar surface area (TPSA) is 102 Å². The molecule has 0 unspecified atom stereocenters. The minimum Gasteiger partial charge on any atom is -0.493 e. The summed E-state index contributed by atoms with van der Waals surface area (Å²) in [7, 11) is 3.16. The van der Waals surface area contributed by atoms with Gasteiger partial charge in [0.25, 0.3) is 0 Å². The van der Waals surface area contributed by atoms with E-state index in [1.54, 1.807) is 20.3 Å². The Bertz CT molecular complexity index is 1120. The molecule has 11 heteroatoms. The third kappa shape index (κ3) is 6.24. The number of aromatic nitrogens is 3. The third-order valence-electron chi connectivity index (χ3n) is 4.34. The quantitative estimate of drug-likeness (QED) is 0.183. The lowest BCUT2D eigenvalue weighted by Gasteiger charge is -2.13. The number of carbonyl (C=O) groups excluding carboxylic acids is 1. The molecule has 0 aliphatic carbocycles. The fourth-order valence-corrected chi connectivity index (χ4v) is 3.72. The van der Waals surface area contributed by atoms with E-state index in [1.807, 2.05) is 53.1 Å². The Morgan fingerprint density at radius 1 is 1.12 bits per heavy atom. The summed E-state index contributed by atoms with van der Waals surface area (Å²) in [6.07, 6.45) is 1.66. The highest BCUT2D eigenvalue weighted by molar-refractivity contribution is 7.99. The van der Waals surface area contributed by atoms with E-state index in [2.05, 4.69) is 32.9 Å². The van der Waals surface area contributed by atoms with E-state index in [0.717, 1.165) is 11.3 Å². The molecule has 0 aliphatic rings. The molecule has 3 aromatic rings. The van der Waals surface area contributed by atoms with E-state index in [1.165, 1.54) is 11.8 Å². The Morgan fingerprint density at radius 3 is 2.58 bits per heavy atom. The number of thiocarbonyl (C=S) groups is 1. The molecule has 172 valence electrons. The molecule has 0 saturated heterocycles. The second-order valence-corrected chi connectivity index (χ2v) is 7.86. The highest BCUT2D eigenvalue weighted by Gasteiger charge is 2.18. The van der Waals surface area contributed by atoms with Gasteiger partial charge in [0.05, 0.1) is 20.0 Å². The molecule has 0 fully saturated rings. The van der Waals surface area contributed by atoms with Crippen LogP contribution in [0.5, 0.6) is 11.5 Å². The van der Waals surface area contributed by atoms with Crippen molar-refractivity contribution in [2.24, 2.45) is 0 Å². The van der Waals surface area contributed by atoms with E-state index >= 15 is 0 Å². The van der Waals surface area contributed by atoms with Crippen molar-refractivity contribution >= 4 is 35.0 Å². The fraction of sp³-hybridized carbons (Fsp3) is 0.182. The van der Waals surface area contributed by atoms with Crippen LogP contribution in [-0.2, 0) is 4.79 Å². The van der Waals surface area contributed by atoms with Gasteiger partial charge in [0, 0.05) is 17.8 Å². The second kappa shape index (κ2) is 11.9. The summed E-state index contributed by atoms with van der Waals surface area (Å²) in [6, 6.07) is 15.2. The van der Waals surface area contributed by atoms with Crippen LogP contribution < -0.4 is 25.6 Å². The standard InChI is InChI=1S/C22H24N6O3S2/c1-4-12-23-21(32)26-24-19(29)14-33-22-27-25-20(28(22)16-8-6-5-7-9-16)15-10-11-17(30-2)18(13-15)31-3/h4-11,13H,1,12,14H2,2-3H3,(H,24,29)(H2,23,26,32). The first kappa shape index (κ1) is 24.1. The number of hydrogen-bond donors (Lipinski definition) is 3. The molecule has 0 spiro atoms. The van der Waals surface area contributed by atoms with Crippen LogP contribution in [0.2, 0.25) is 0 Å². The fourth-order valence-electron chi connectivity index (χ4n) is 2.84. The summed E-state index contributed by atoms with van der Waals surface area (Å²) < 4.78 is 12.7. The Balaban J connectivity index is 1.82. The average Bonchev–Trinajstić information content (AvgIpc) is 3.28. The van der Waals surface area contributed by atoms with E-state index in [4.69, 9.17) is 21.7 Å². The van der Waals surface area contributed by atoms with Crippen LogP contribution in [0.25, 0.3) is 17.1 Å². The minimum atomic E-state index is -0.266. The molecule has 0 aliphatic heterocycles. The molecule has 33 heavy (non-hydrogen) atoms. The Morgan fingerprint density at radius 2 is 1.88 bits per heavy atom. The number of amides is 1. The zero-order chi connectivity index (χ0) is 23.6. The summed E-state index contributed by atoms with van der Waals surface area (Å²) in [5, 5.41) is 12.4. The summed E-state index contributed by atoms with van der Waals surface area (Å²) in [5.74, 6) is 1.65. The first-order valence-electron chi connectivity index (χ1n) is 9.87. The maximum atomic E-state index is 12.3. The lowest BCUT2D eigenvalue weighted by atomic mass is 10.2. The van der Waals surface area contributed by atoms with Crippen LogP contribution in [0.1, 0.15) is 0 Å². The van der Waals surface area contributed by atoms with Gasteiger partial charge < -0.3 is 14.8 Å². The molecular formula is C22H24N6O3S2. The van der Waals surface area contributed by atoms with E-state index in [-0.39, 0.29) is 11.7 Å². The van der Waals surface area contributed by atoms with Gasteiger partial charge in [-0.3, -0.25) is 20.2 Å². The molecule has 3 rings (SSSR count). The molecule has 3 N–H and O–H groups in total. The molecule has 0 radical (unpaired) electrons. The molecule has 1 heterocycles. The zero-order valence-corrected chi connectivity index (χ0v) is 19.8. The van der Waals surface area contributed by atoms with Gasteiger partial charge in [-0.15, -0.1) is 16.8 Å². The number of ether oxygens (including phenoxy) is 2. The van der Waals surface area contributed by atoms with Crippen molar-refractivity contribution in [1.29, 1.82) is 0 Å².